The van der Waals surface area contributed by atoms with Crippen LogP contribution in [-0.2, 0) is 14.8 Å². The van der Waals surface area contributed by atoms with E-state index in [2.05, 4.69) is 0 Å². The smallest absolute Gasteiger partial charge is 0.248 e. The summed E-state index contributed by atoms with van der Waals surface area (Å²) in [7, 11) is -3.98. The van der Waals surface area contributed by atoms with E-state index < -0.39 is 26.6 Å². The molecule has 6 nitrogen and oxygen atoms in total. The van der Waals surface area contributed by atoms with E-state index >= 15 is 0 Å². The van der Waals surface area contributed by atoms with Gasteiger partial charge < -0.3 is 10.5 Å². The minimum absolute atomic E-state index is 0.0479. The second-order valence-electron chi connectivity index (χ2n) is 4.03. The Bertz CT molecular complexity index is 597. The van der Waals surface area contributed by atoms with Crippen molar-refractivity contribution >= 4 is 15.9 Å². The van der Waals surface area contributed by atoms with Crippen molar-refractivity contribution in [2.45, 2.75) is 4.90 Å². The zero-order valence-electron chi connectivity index (χ0n) is 10.0. The molecule has 2 rings (SSSR count). The SMILES string of the molecule is NC(=O)c1ccc(F)c(S(=O)(=O)N2CCOCC2)c1. The lowest BCUT2D eigenvalue weighted by atomic mass is 10.2. The van der Waals surface area contributed by atoms with Crippen LogP contribution in [0.15, 0.2) is 23.1 Å². The summed E-state index contributed by atoms with van der Waals surface area (Å²) in [6, 6.07) is 3.03. The van der Waals surface area contributed by atoms with Crippen LogP contribution in [0.25, 0.3) is 0 Å². The van der Waals surface area contributed by atoms with Crippen molar-refractivity contribution in [1.29, 1.82) is 0 Å². The second kappa shape index (κ2) is 5.24. The molecule has 0 bridgehead atoms. The highest BCUT2D eigenvalue weighted by molar-refractivity contribution is 7.89. The van der Waals surface area contributed by atoms with Crippen LogP contribution in [0.3, 0.4) is 0 Å². The lowest BCUT2D eigenvalue weighted by molar-refractivity contribution is 0.0729. The third-order valence-electron chi connectivity index (χ3n) is 2.80. The van der Waals surface area contributed by atoms with Crippen molar-refractivity contribution in [3.8, 4) is 0 Å². The number of carbonyl (C=O) groups excluding carboxylic acids is 1. The number of benzene rings is 1. The third kappa shape index (κ3) is 2.75. The number of carbonyl (C=O) groups is 1. The van der Waals surface area contributed by atoms with Crippen molar-refractivity contribution in [3.63, 3.8) is 0 Å². The minimum atomic E-state index is -3.98. The minimum Gasteiger partial charge on any atom is -0.379 e. The van der Waals surface area contributed by atoms with E-state index in [1.807, 2.05) is 0 Å². The maximum Gasteiger partial charge on any atom is 0.248 e. The molecular weight excluding hydrogens is 275 g/mol. The number of halogens is 1. The summed E-state index contributed by atoms with van der Waals surface area (Å²) in [4.78, 5) is 10.5. The fraction of sp³-hybridized carbons (Fsp3) is 0.364. The highest BCUT2D eigenvalue weighted by Crippen LogP contribution is 2.21. The maximum atomic E-state index is 13.7. The number of sulfonamides is 1. The number of morpholine rings is 1. The Balaban J connectivity index is 2.44. The van der Waals surface area contributed by atoms with Crippen LogP contribution in [0.2, 0.25) is 0 Å². The molecular formula is C11H13FN2O4S. The topological polar surface area (TPSA) is 89.7 Å². The Labute approximate surface area is 110 Å². The first kappa shape index (κ1) is 13.9. The number of hydrogen-bond acceptors (Lipinski definition) is 4. The number of primary amides is 1. The largest absolute Gasteiger partial charge is 0.379 e. The van der Waals surface area contributed by atoms with Crippen LogP contribution < -0.4 is 5.73 Å². The van der Waals surface area contributed by atoms with Gasteiger partial charge in [0.2, 0.25) is 15.9 Å². The summed E-state index contributed by atoms with van der Waals surface area (Å²) < 4.78 is 44.4. The Morgan fingerprint density at radius 1 is 1.32 bits per heavy atom. The van der Waals surface area contributed by atoms with E-state index in [1.165, 1.54) is 0 Å². The summed E-state index contributed by atoms with van der Waals surface area (Å²) in [6.45, 7) is 0.831. The normalized spacial score (nSPS) is 17.3. The highest BCUT2D eigenvalue weighted by Gasteiger charge is 2.29. The van der Waals surface area contributed by atoms with E-state index in [4.69, 9.17) is 10.5 Å². The van der Waals surface area contributed by atoms with Crippen LogP contribution in [0, 0.1) is 5.82 Å². The molecule has 0 atom stereocenters. The number of nitrogens with zero attached hydrogens (tertiary/aromatic N) is 1. The van der Waals surface area contributed by atoms with Gasteiger partial charge in [-0.05, 0) is 18.2 Å². The Kier molecular flexibility index (Phi) is 3.83. The summed E-state index contributed by atoms with van der Waals surface area (Å²) in [5.74, 6) is -1.71. The molecule has 1 aliphatic rings. The molecule has 104 valence electrons. The van der Waals surface area contributed by atoms with Gasteiger partial charge in [-0.3, -0.25) is 4.79 Å². The molecule has 1 saturated heterocycles. The van der Waals surface area contributed by atoms with Crippen LogP contribution in [-0.4, -0.2) is 44.9 Å². The molecule has 0 aromatic heterocycles. The van der Waals surface area contributed by atoms with Gasteiger partial charge in [-0.25, -0.2) is 12.8 Å². The van der Waals surface area contributed by atoms with E-state index in [0.717, 1.165) is 22.5 Å². The molecule has 0 spiro atoms. The van der Waals surface area contributed by atoms with E-state index in [1.54, 1.807) is 0 Å². The van der Waals surface area contributed by atoms with Gasteiger partial charge in [-0.15, -0.1) is 0 Å². The fourth-order valence-corrected chi connectivity index (χ4v) is 3.28. The van der Waals surface area contributed by atoms with E-state index in [-0.39, 0.29) is 31.9 Å². The second-order valence-corrected chi connectivity index (χ2v) is 5.93. The van der Waals surface area contributed by atoms with Gasteiger partial charge in [0, 0.05) is 18.7 Å². The lowest BCUT2D eigenvalue weighted by Gasteiger charge is -2.26. The lowest BCUT2D eigenvalue weighted by Crippen LogP contribution is -2.41. The standard InChI is InChI=1S/C11H13FN2O4S/c12-9-2-1-8(11(13)15)7-10(9)19(16,17)14-3-5-18-6-4-14/h1-2,7H,3-6H2,(H2,13,15). The zero-order chi connectivity index (χ0) is 14.0. The monoisotopic (exact) mass is 288 g/mol. The highest BCUT2D eigenvalue weighted by atomic mass is 32.2. The number of amides is 1. The van der Waals surface area contributed by atoms with Crippen molar-refractivity contribution in [3.05, 3.63) is 29.6 Å². The first-order valence-electron chi connectivity index (χ1n) is 5.60. The van der Waals surface area contributed by atoms with Gasteiger partial charge in [0.25, 0.3) is 0 Å². The fourth-order valence-electron chi connectivity index (χ4n) is 1.78. The Morgan fingerprint density at radius 3 is 2.53 bits per heavy atom. The summed E-state index contributed by atoms with van der Waals surface area (Å²) in [5, 5.41) is 0. The molecule has 1 aromatic rings. The molecule has 0 unspecified atom stereocenters. The quantitative estimate of drug-likeness (QED) is 0.844. The maximum absolute atomic E-state index is 13.7. The summed E-state index contributed by atoms with van der Waals surface area (Å²) in [6.07, 6.45) is 0. The average molecular weight is 288 g/mol. The molecule has 8 heteroatoms. The molecule has 1 aromatic carbocycles. The van der Waals surface area contributed by atoms with Crippen LogP contribution in [0.4, 0.5) is 4.39 Å². The molecule has 2 N–H and O–H groups in total. The van der Waals surface area contributed by atoms with Crippen molar-refractivity contribution in [2.24, 2.45) is 5.73 Å². The first-order chi connectivity index (χ1) is 8.93. The third-order valence-corrected chi connectivity index (χ3v) is 4.72. The van der Waals surface area contributed by atoms with Crippen LogP contribution in [0.1, 0.15) is 10.4 Å². The molecule has 1 amide bonds. The summed E-state index contributed by atoms with van der Waals surface area (Å²) >= 11 is 0. The van der Waals surface area contributed by atoms with Crippen molar-refractivity contribution in [1.82, 2.24) is 4.31 Å². The van der Waals surface area contributed by atoms with Gasteiger partial charge in [-0.2, -0.15) is 4.31 Å². The first-order valence-corrected chi connectivity index (χ1v) is 7.04. The molecule has 19 heavy (non-hydrogen) atoms. The molecule has 0 radical (unpaired) electrons. The number of ether oxygens (including phenoxy) is 1. The van der Waals surface area contributed by atoms with Crippen molar-refractivity contribution in [2.75, 3.05) is 26.3 Å². The van der Waals surface area contributed by atoms with Crippen molar-refractivity contribution < 1.29 is 22.3 Å². The number of hydrogen-bond donors (Lipinski definition) is 1. The van der Waals surface area contributed by atoms with E-state index in [9.17, 15) is 17.6 Å². The molecule has 1 fully saturated rings. The Hall–Kier alpha value is -1.51. The molecule has 1 aliphatic heterocycles. The molecule has 1 heterocycles. The number of rotatable bonds is 3. The van der Waals surface area contributed by atoms with Gasteiger partial charge in [0.1, 0.15) is 10.7 Å². The predicted molar refractivity (Wildman–Crippen MR) is 64.5 cm³/mol. The van der Waals surface area contributed by atoms with Crippen LogP contribution >= 0.6 is 0 Å². The average Bonchev–Trinajstić information content (AvgIpc) is 2.39. The van der Waals surface area contributed by atoms with Crippen LogP contribution in [0.5, 0.6) is 0 Å². The van der Waals surface area contributed by atoms with Gasteiger partial charge in [-0.1, -0.05) is 0 Å². The van der Waals surface area contributed by atoms with E-state index in [0.29, 0.717) is 0 Å². The van der Waals surface area contributed by atoms with Gasteiger partial charge in [0.05, 0.1) is 13.2 Å². The Morgan fingerprint density at radius 2 is 1.95 bits per heavy atom. The number of nitrogens with two attached hydrogens (primary N) is 1. The molecule has 0 saturated carbocycles. The summed E-state index contributed by atoms with van der Waals surface area (Å²) in [5.41, 5.74) is 5.02. The van der Waals surface area contributed by atoms with Gasteiger partial charge in [0.15, 0.2) is 0 Å². The molecule has 0 aliphatic carbocycles. The van der Waals surface area contributed by atoms with Gasteiger partial charge >= 0.3 is 0 Å². The predicted octanol–water partition coefficient (Wildman–Crippen LogP) is -0.0545. The zero-order valence-corrected chi connectivity index (χ0v) is 10.8.